The number of rotatable bonds is 5. The minimum Gasteiger partial charge on any atom is -0.406 e. The molecule has 0 radical (unpaired) electrons. The molecule has 5 nitrogen and oxygen atoms in total. The first-order valence-electron chi connectivity index (χ1n) is 7.16. The Morgan fingerprint density at radius 2 is 1.96 bits per heavy atom. The van der Waals surface area contributed by atoms with Gasteiger partial charge in [-0.25, -0.2) is 0 Å². The number of aromatic nitrogens is 2. The monoisotopic (exact) mass is 339 g/mol. The Bertz CT molecular complexity index is 747. The predicted octanol–water partition coefficient (Wildman–Crippen LogP) is 4.41. The molecule has 2 aromatic rings. The van der Waals surface area contributed by atoms with Gasteiger partial charge >= 0.3 is 6.36 Å². The Labute approximate surface area is 136 Å². The third kappa shape index (κ3) is 4.68. The van der Waals surface area contributed by atoms with Gasteiger partial charge < -0.3 is 9.26 Å². The highest BCUT2D eigenvalue weighted by Gasteiger charge is 2.31. The van der Waals surface area contributed by atoms with Crippen molar-refractivity contribution >= 4 is 5.71 Å². The molecule has 1 aromatic carbocycles. The summed E-state index contributed by atoms with van der Waals surface area (Å²) in [6, 6.07) is 5.22. The average molecular weight is 339 g/mol. The SMILES string of the molecule is CC/C(C)=C/C(=NC)c1nc(-c2ccc(OC(F)(F)F)cc2)no1. The van der Waals surface area contributed by atoms with Gasteiger partial charge in [0.25, 0.3) is 5.89 Å². The lowest BCUT2D eigenvalue weighted by Gasteiger charge is -2.08. The number of halogens is 3. The Balaban J connectivity index is 2.21. The minimum atomic E-state index is -4.73. The van der Waals surface area contributed by atoms with Crippen molar-refractivity contribution in [2.75, 3.05) is 7.05 Å². The summed E-state index contributed by atoms with van der Waals surface area (Å²) in [5.41, 5.74) is 2.15. The van der Waals surface area contributed by atoms with E-state index in [1.807, 2.05) is 19.9 Å². The Kier molecular flexibility index (Phi) is 5.38. The van der Waals surface area contributed by atoms with E-state index in [2.05, 4.69) is 19.9 Å². The molecule has 2 rings (SSSR count). The zero-order valence-corrected chi connectivity index (χ0v) is 13.4. The second kappa shape index (κ2) is 7.29. The number of allylic oxidation sites excluding steroid dienone is 2. The Morgan fingerprint density at radius 1 is 1.29 bits per heavy atom. The number of aliphatic imine (C=N–C) groups is 1. The lowest BCUT2D eigenvalue weighted by atomic mass is 10.2. The molecule has 1 heterocycles. The van der Waals surface area contributed by atoms with E-state index in [-0.39, 0.29) is 17.5 Å². The van der Waals surface area contributed by atoms with E-state index in [0.29, 0.717) is 11.3 Å². The maximum absolute atomic E-state index is 12.1. The highest BCUT2D eigenvalue weighted by Crippen LogP contribution is 2.25. The van der Waals surface area contributed by atoms with E-state index in [1.54, 1.807) is 7.05 Å². The van der Waals surface area contributed by atoms with Crippen LogP contribution >= 0.6 is 0 Å². The standard InChI is InChI=1S/C16H16F3N3O2/c1-4-10(2)9-13(20-3)15-21-14(22-24-15)11-5-7-12(8-6-11)23-16(17,18)19/h5-9H,4H2,1-3H3/b10-9+,20-13?. The number of hydrogen-bond donors (Lipinski definition) is 0. The van der Waals surface area contributed by atoms with Crippen LogP contribution in [0.5, 0.6) is 5.75 Å². The zero-order valence-electron chi connectivity index (χ0n) is 13.4. The van der Waals surface area contributed by atoms with Crippen molar-refractivity contribution in [2.24, 2.45) is 4.99 Å². The number of benzene rings is 1. The van der Waals surface area contributed by atoms with Crippen molar-refractivity contribution < 1.29 is 22.4 Å². The molecule has 0 aliphatic carbocycles. The molecule has 1 aromatic heterocycles. The van der Waals surface area contributed by atoms with Gasteiger partial charge in [-0.1, -0.05) is 17.7 Å². The van der Waals surface area contributed by atoms with Crippen LogP contribution in [0.1, 0.15) is 26.2 Å². The second-order valence-electron chi connectivity index (χ2n) is 4.95. The van der Waals surface area contributed by atoms with Gasteiger partial charge in [-0.15, -0.1) is 13.2 Å². The van der Waals surface area contributed by atoms with Gasteiger partial charge in [-0.3, -0.25) is 4.99 Å². The molecule has 0 atom stereocenters. The lowest BCUT2D eigenvalue weighted by Crippen LogP contribution is -2.16. The fourth-order valence-electron chi connectivity index (χ4n) is 1.81. The first kappa shape index (κ1) is 17.7. The van der Waals surface area contributed by atoms with Gasteiger partial charge in [0.2, 0.25) is 5.82 Å². The van der Waals surface area contributed by atoms with Crippen molar-refractivity contribution in [1.29, 1.82) is 0 Å². The highest BCUT2D eigenvalue weighted by molar-refractivity contribution is 6.05. The molecule has 24 heavy (non-hydrogen) atoms. The Morgan fingerprint density at radius 3 is 2.50 bits per heavy atom. The summed E-state index contributed by atoms with van der Waals surface area (Å²) in [6.07, 6.45) is -2.02. The fraction of sp³-hybridized carbons (Fsp3) is 0.312. The molecule has 0 saturated carbocycles. The van der Waals surface area contributed by atoms with Crippen LogP contribution in [0.25, 0.3) is 11.4 Å². The molecule has 8 heteroatoms. The van der Waals surface area contributed by atoms with Gasteiger partial charge in [0.1, 0.15) is 11.5 Å². The van der Waals surface area contributed by atoms with Crippen molar-refractivity contribution in [1.82, 2.24) is 10.1 Å². The summed E-state index contributed by atoms with van der Waals surface area (Å²) < 4.78 is 45.4. The number of hydrogen-bond acceptors (Lipinski definition) is 5. The first-order valence-corrected chi connectivity index (χ1v) is 7.16. The van der Waals surface area contributed by atoms with Crippen molar-refractivity contribution in [3.05, 3.63) is 41.8 Å². The van der Waals surface area contributed by atoms with Gasteiger partial charge in [0.05, 0.1) is 0 Å². The van der Waals surface area contributed by atoms with E-state index < -0.39 is 6.36 Å². The quantitative estimate of drug-likeness (QED) is 0.757. The van der Waals surface area contributed by atoms with Crippen LogP contribution < -0.4 is 4.74 Å². The molecule has 0 fully saturated rings. The maximum Gasteiger partial charge on any atom is 0.573 e. The minimum absolute atomic E-state index is 0.246. The van der Waals surface area contributed by atoms with Crippen LogP contribution in [0.4, 0.5) is 13.2 Å². The lowest BCUT2D eigenvalue weighted by molar-refractivity contribution is -0.274. The van der Waals surface area contributed by atoms with Crippen molar-refractivity contribution in [2.45, 2.75) is 26.6 Å². The molecular weight excluding hydrogens is 323 g/mol. The third-order valence-electron chi connectivity index (χ3n) is 3.17. The summed E-state index contributed by atoms with van der Waals surface area (Å²) in [5, 5.41) is 3.83. The molecule has 0 aliphatic rings. The van der Waals surface area contributed by atoms with Crippen LogP contribution in [-0.4, -0.2) is 29.3 Å². The van der Waals surface area contributed by atoms with Crippen LogP contribution in [-0.2, 0) is 0 Å². The van der Waals surface area contributed by atoms with E-state index >= 15 is 0 Å². The molecule has 0 bridgehead atoms. The van der Waals surface area contributed by atoms with Crippen LogP contribution in [0, 0.1) is 0 Å². The first-order chi connectivity index (χ1) is 11.3. The van der Waals surface area contributed by atoms with Crippen LogP contribution in [0.3, 0.4) is 0 Å². The van der Waals surface area contributed by atoms with Crippen molar-refractivity contribution in [3.63, 3.8) is 0 Å². The molecule has 128 valence electrons. The van der Waals surface area contributed by atoms with Gasteiger partial charge in [0, 0.05) is 12.6 Å². The average Bonchev–Trinajstić information content (AvgIpc) is 3.01. The van der Waals surface area contributed by atoms with Gasteiger partial charge in [-0.2, -0.15) is 4.98 Å². The summed E-state index contributed by atoms with van der Waals surface area (Å²) >= 11 is 0. The van der Waals surface area contributed by atoms with E-state index in [4.69, 9.17) is 4.52 Å². The number of nitrogens with zero attached hydrogens (tertiary/aromatic N) is 3. The molecule has 0 N–H and O–H groups in total. The predicted molar refractivity (Wildman–Crippen MR) is 82.9 cm³/mol. The third-order valence-corrected chi connectivity index (χ3v) is 3.17. The summed E-state index contributed by atoms with van der Waals surface area (Å²) in [5.74, 6) is 0.190. The fourth-order valence-corrected chi connectivity index (χ4v) is 1.81. The smallest absolute Gasteiger partial charge is 0.406 e. The number of alkyl halides is 3. The van der Waals surface area contributed by atoms with E-state index in [9.17, 15) is 13.2 Å². The van der Waals surface area contributed by atoms with E-state index in [0.717, 1.165) is 12.0 Å². The summed E-state index contributed by atoms with van der Waals surface area (Å²) in [6.45, 7) is 3.98. The molecule has 0 aliphatic heterocycles. The van der Waals surface area contributed by atoms with Crippen molar-refractivity contribution in [3.8, 4) is 17.1 Å². The maximum atomic E-state index is 12.1. The zero-order chi connectivity index (χ0) is 17.7. The van der Waals surface area contributed by atoms with Gasteiger partial charge in [-0.05, 0) is 43.7 Å². The molecular formula is C16H16F3N3O2. The number of ether oxygens (including phenoxy) is 1. The van der Waals surface area contributed by atoms with Crippen LogP contribution in [0.2, 0.25) is 0 Å². The molecule has 0 spiro atoms. The summed E-state index contributed by atoms with van der Waals surface area (Å²) in [7, 11) is 1.61. The topological polar surface area (TPSA) is 60.5 Å². The second-order valence-corrected chi connectivity index (χ2v) is 4.95. The largest absolute Gasteiger partial charge is 0.573 e. The molecule has 0 amide bonds. The van der Waals surface area contributed by atoms with E-state index in [1.165, 1.54) is 24.3 Å². The summed E-state index contributed by atoms with van der Waals surface area (Å²) in [4.78, 5) is 8.33. The van der Waals surface area contributed by atoms with Gasteiger partial charge in [0.15, 0.2) is 0 Å². The highest BCUT2D eigenvalue weighted by atomic mass is 19.4. The van der Waals surface area contributed by atoms with Crippen LogP contribution in [0.15, 0.2) is 45.4 Å². The molecule has 0 saturated heterocycles. The molecule has 0 unspecified atom stereocenters. The Hall–Kier alpha value is -2.64. The normalized spacial score (nSPS) is 13.2.